The number of aromatic nitrogens is 1. The van der Waals surface area contributed by atoms with Gasteiger partial charge in [-0.1, -0.05) is 6.92 Å². The van der Waals surface area contributed by atoms with Crippen molar-refractivity contribution in [2.75, 3.05) is 0 Å². The number of carbonyl (C=O) groups is 1. The first kappa shape index (κ1) is 14.3. The van der Waals surface area contributed by atoms with Crippen molar-refractivity contribution in [1.29, 1.82) is 0 Å². The third kappa shape index (κ3) is 3.02. The van der Waals surface area contributed by atoms with Gasteiger partial charge in [-0.15, -0.1) is 0 Å². The van der Waals surface area contributed by atoms with Crippen molar-refractivity contribution in [3.8, 4) is 0 Å². The number of amides is 2. The Kier molecular flexibility index (Phi) is 4.10. The van der Waals surface area contributed by atoms with Gasteiger partial charge >= 0.3 is 6.03 Å². The number of rotatable bonds is 3. The van der Waals surface area contributed by atoms with Crippen LogP contribution in [0.4, 0.5) is 4.79 Å². The summed E-state index contributed by atoms with van der Waals surface area (Å²) in [5.41, 5.74) is 2.13. The Morgan fingerprint density at radius 2 is 2.14 bits per heavy atom. The lowest BCUT2D eigenvalue weighted by molar-refractivity contribution is 0.0541. The van der Waals surface area contributed by atoms with E-state index in [2.05, 4.69) is 17.2 Å². The molecule has 0 aromatic carbocycles. The molecule has 2 saturated heterocycles. The third-order valence-corrected chi connectivity index (χ3v) is 4.65. The third-order valence-electron chi connectivity index (χ3n) is 4.65. The molecule has 2 N–H and O–H groups in total. The van der Waals surface area contributed by atoms with E-state index in [9.17, 15) is 9.90 Å². The van der Waals surface area contributed by atoms with Crippen molar-refractivity contribution >= 4 is 6.03 Å². The fraction of sp³-hybridized carbons (Fsp3) is 0.625. The number of piperidine rings is 1. The lowest BCUT2D eigenvalue weighted by atomic mass is 10.0. The van der Waals surface area contributed by atoms with E-state index in [1.807, 2.05) is 17.0 Å². The summed E-state index contributed by atoms with van der Waals surface area (Å²) in [6.07, 6.45) is 5.98. The predicted molar refractivity (Wildman–Crippen MR) is 79.7 cm³/mol. The van der Waals surface area contributed by atoms with Gasteiger partial charge in [-0.05, 0) is 49.8 Å². The van der Waals surface area contributed by atoms with Gasteiger partial charge in [-0.3, -0.25) is 4.98 Å². The second-order valence-corrected chi connectivity index (χ2v) is 6.09. The van der Waals surface area contributed by atoms with Crippen LogP contribution in [0.3, 0.4) is 0 Å². The molecule has 0 saturated carbocycles. The quantitative estimate of drug-likeness (QED) is 0.892. The summed E-state index contributed by atoms with van der Waals surface area (Å²) in [5, 5.41) is 12.8. The van der Waals surface area contributed by atoms with E-state index in [4.69, 9.17) is 0 Å². The summed E-state index contributed by atoms with van der Waals surface area (Å²) in [5.74, 6) is 0. The zero-order valence-corrected chi connectivity index (χ0v) is 12.5. The predicted octanol–water partition coefficient (Wildman–Crippen LogP) is 1.84. The molecule has 1 aromatic heterocycles. The standard InChI is InChI=1S/C16H23N3O2/c1-2-11-5-6-17-12(7-11)10-18-16(21)19-13-3-4-14(19)9-15(20)8-13/h5-7,13-15,20H,2-4,8-10H2,1H3,(H,18,21)/t13-,14-/m0/s1. The molecule has 5 heteroatoms. The molecule has 3 rings (SSSR count). The molecule has 5 nitrogen and oxygen atoms in total. The fourth-order valence-corrected chi connectivity index (χ4v) is 3.58. The van der Waals surface area contributed by atoms with Gasteiger partial charge in [0.05, 0.1) is 18.3 Å². The number of aliphatic hydroxyl groups excluding tert-OH is 1. The molecule has 0 radical (unpaired) electrons. The lowest BCUT2D eigenvalue weighted by Crippen LogP contribution is -2.51. The second-order valence-electron chi connectivity index (χ2n) is 6.09. The van der Waals surface area contributed by atoms with Gasteiger partial charge < -0.3 is 15.3 Å². The van der Waals surface area contributed by atoms with Crippen LogP contribution in [0.2, 0.25) is 0 Å². The van der Waals surface area contributed by atoms with E-state index in [-0.39, 0.29) is 24.2 Å². The number of urea groups is 1. The number of aliphatic hydroxyl groups is 1. The normalized spacial score (nSPS) is 27.7. The van der Waals surface area contributed by atoms with Crippen LogP contribution in [0, 0.1) is 0 Å². The van der Waals surface area contributed by atoms with Gasteiger partial charge in [0.1, 0.15) is 0 Å². The van der Waals surface area contributed by atoms with Crippen LogP contribution in [0.15, 0.2) is 18.3 Å². The van der Waals surface area contributed by atoms with E-state index in [1.165, 1.54) is 5.56 Å². The minimum absolute atomic E-state index is 0.0156. The molecular formula is C16H23N3O2. The summed E-state index contributed by atoms with van der Waals surface area (Å²) < 4.78 is 0. The van der Waals surface area contributed by atoms with Crippen LogP contribution < -0.4 is 5.32 Å². The van der Waals surface area contributed by atoms with Gasteiger partial charge in [0.25, 0.3) is 0 Å². The number of aryl methyl sites for hydroxylation is 1. The Morgan fingerprint density at radius 3 is 2.81 bits per heavy atom. The van der Waals surface area contributed by atoms with Gasteiger partial charge in [0, 0.05) is 18.3 Å². The summed E-state index contributed by atoms with van der Waals surface area (Å²) >= 11 is 0. The van der Waals surface area contributed by atoms with Crippen LogP contribution in [-0.2, 0) is 13.0 Å². The minimum atomic E-state index is -0.241. The maximum Gasteiger partial charge on any atom is 0.318 e. The molecule has 2 aliphatic heterocycles. The highest BCUT2D eigenvalue weighted by Gasteiger charge is 2.42. The first-order valence-corrected chi connectivity index (χ1v) is 7.85. The fourth-order valence-electron chi connectivity index (χ4n) is 3.58. The number of carbonyl (C=O) groups excluding carboxylic acids is 1. The monoisotopic (exact) mass is 289 g/mol. The number of pyridine rings is 1. The van der Waals surface area contributed by atoms with Gasteiger partial charge in [0.2, 0.25) is 0 Å². The van der Waals surface area contributed by atoms with Crippen LogP contribution >= 0.6 is 0 Å². The summed E-state index contributed by atoms with van der Waals surface area (Å²) in [6.45, 7) is 2.57. The van der Waals surface area contributed by atoms with Gasteiger partial charge in [0.15, 0.2) is 0 Å². The average molecular weight is 289 g/mol. The maximum absolute atomic E-state index is 12.4. The Hall–Kier alpha value is -1.62. The topological polar surface area (TPSA) is 65.5 Å². The Balaban J connectivity index is 1.59. The number of fused-ring (bicyclic) bond motifs is 2. The summed E-state index contributed by atoms with van der Waals surface area (Å²) in [7, 11) is 0. The molecule has 0 aliphatic carbocycles. The molecule has 2 aliphatic rings. The maximum atomic E-state index is 12.4. The van der Waals surface area contributed by atoms with Crippen LogP contribution in [0.1, 0.15) is 43.9 Å². The van der Waals surface area contributed by atoms with E-state index in [0.717, 1.165) is 25.0 Å². The van der Waals surface area contributed by atoms with Crippen molar-refractivity contribution < 1.29 is 9.90 Å². The molecule has 2 fully saturated rings. The first-order chi connectivity index (χ1) is 10.2. The molecule has 21 heavy (non-hydrogen) atoms. The summed E-state index contributed by atoms with van der Waals surface area (Å²) in [4.78, 5) is 18.6. The zero-order valence-electron chi connectivity index (χ0n) is 12.5. The second kappa shape index (κ2) is 6.02. The molecule has 2 bridgehead atoms. The SMILES string of the molecule is CCc1ccnc(CNC(=O)N2[C@H]3CC[C@H]2CC(O)C3)c1. The lowest BCUT2D eigenvalue weighted by Gasteiger charge is -2.37. The number of nitrogens with zero attached hydrogens (tertiary/aromatic N) is 2. The average Bonchev–Trinajstić information content (AvgIpc) is 2.77. The van der Waals surface area contributed by atoms with Crippen molar-refractivity contribution in [3.05, 3.63) is 29.6 Å². The van der Waals surface area contributed by atoms with E-state index < -0.39 is 0 Å². The highest BCUT2D eigenvalue weighted by molar-refractivity contribution is 5.75. The first-order valence-electron chi connectivity index (χ1n) is 7.85. The molecule has 0 spiro atoms. The number of nitrogens with one attached hydrogen (secondary N) is 1. The molecule has 114 valence electrons. The van der Waals surface area contributed by atoms with Crippen LogP contribution in [-0.4, -0.2) is 39.2 Å². The Morgan fingerprint density at radius 1 is 1.43 bits per heavy atom. The van der Waals surface area contributed by atoms with Gasteiger partial charge in [-0.25, -0.2) is 4.79 Å². The summed E-state index contributed by atoms with van der Waals surface area (Å²) in [6, 6.07) is 4.42. The number of hydrogen-bond donors (Lipinski definition) is 2. The van der Waals surface area contributed by atoms with E-state index >= 15 is 0 Å². The number of hydrogen-bond acceptors (Lipinski definition) is 3. The molecule has 2 atom stereocenters. The largest absolute Gasteiger partial charge is 0.393 e. The smallest absolute Gasteiger partial charge is 0.318 e. The molecule has 3 heterocycles. The van der Waals surface area contributed by atoms with Gasteiger partial charge in [-0.2, -0.15) is 0 Å². The molecule has 1 aromatic rings. The minimum Gasteiger partial charge on any atom is -0.393 e. The van der Waals surface area contributed by atoms with Crippen LogP contribution in [0.5, 0.6) is 0 Å². The van der Waals surface area contributed by atoms with Crippen molar-refractivity contribution in [3.63, 3.8) is 0 Å². The van der Waals surface area contributed by atoms with Crippen molar-refractivity contribution in [2.45, 2.75) is 63.8 Å². The van der Waals surface area contributed by atoms with E-state index in [1.54, 1.807) is 6.20 Å². The zero-order chi connectivity index (χ0) is 14.8. The van der Waals surface area contributed by atoms with E-state index in [0.29, 0.717) is 19.4 Å². The molecule has 2 amide bonds. The molecule has 0 unspecified atom stereocenters. The van der Waals surface area contributed by atoms with Crippen molar-refractivity contribution in [2.24, 2.45) is 0 Å². The highest BCUT2D eigenvalue weighted by atomic mass is 16.3. The Bertz CT molecular complexity index is 506. The molecular weight excluding hydrogens is 266 g/mol. The van der Waals surface area contributed by atoms with Crippen molar-refractivity contribution in [1.82, 2.24) is 15.2 Å². The Labute approximate surface area is 125 Å². The van der Waals surface area contributed by atoms with Crippen LogP contribution in [0.25, 0.3) is 0 Å². The highest BCUT2D eigenvalue weighted by Crippen LogP contribution is 2.35.